The van der Waals surface area contributed by atoms with E-state index in [4.69, 9.17) is 25.4 Å². The summed E-state index contributed by atoms with van der Waals surface area (Å²) < 4.78 is 15.3. The fraction of sp³-hybridized carbons (Fsp3) is 0.321. The Labute approximate surface area is 231 Å². The van der Waals surface area contributed by atoms with Gasteiger partial charge < -0.3 is 25.3 Å². The number of hydrogen-bond acceptors (Lipinski definition) is 9. The molecule has 0 aliphatic heterocycles. The SMILES string of the molecule is CCOC(=O)CCSC[C@H](NC(=O)C(C)=Cc1ccc(C(=O)Oc2ccc(C(=N)N)cc2)cc1)C(=O)OCC. The Bertz CT molecular complexity index is 1190. The van der Waals surface area contributed by atoms with Gasteiger partial charge in [0.05, 0.1) is 25.2 Å². The van der Waals surface area contributed by atoms with Crippen LogP contribution in [0.15, 0.2) is 54.1 Å². The van der Waals surface area contributed by atoms with E-state index in [9.17, 15) is 19.2 Å². The van der Waals surface area contributed by atoms with Crippen LogP contribution < -0.4 is 15.8 Å². The molecule has 2 rings (SSSR count). The lowest BCUT2D eigenvalue weighted by molar-refractivity contribution is -0.146. The second kappa shape index (κ2) is 16.0. The first-order valence-electron chi connectivity index (χ1n) is 12.3. The van der Waals surface area contributed by atoms with Crippen LogP contribution in [0.1, 0.15) is 48.7 Å². The van der Waals surface area contributed by atoms with Crippen molar-refractivity contribution in [2.45, 2.75) is 33.2 Å². The molecule has 0 saturated heterocycles. The summed E-state index contributed by atoms with van der Waals surface area (Å²) in [4.78, 5) is 49.1. The molecule has 0 fully saturated rings. The van der Waals surface area contributed by atoms with Gasteiger partial charge in [-0.25, -0.2) is 9.59 Å². The Morgan fingerprint density at radius 3 is 2.18 bits per heavy atom. The highest BCUT2D eigenvalue weighted by Crippen LogP contribution is 2.16. The molecule has 0 aromatic heterocycles. The van der Waals surface area contributed by atoms with Gasteiger partial charge in [0.25, 0.3) is 0 Å². The normalized spacial score (nSPS) is 11.7. The van der Waals surface area contributed by atoms with Gasteiger partial charge in [0.2, 0.25) is 5.91 Å². The van der Waals surface area contributed by atoms with Gasteiger partial charge in [0.15, 0.2) is 0 Å². The lowest BCUT2D eigenvalue weighted by atomic mass is 10.1. The second-order valence-corrected chi connectivity index (χ2v) is 9.33. The van der Waals surface area contributed by atoms with Crippen LogP contribution in [0, 0.1) is 5.41 Å². The molecule has 0 radical (unpaired) electrons. The molecule has 2 aromatic carbocycles. The number of carbonyl (C=O) groups excluding carboxylic acids is 4. The quantitative estimate of drug-likeness (QED) is 0.0794. The van der Waals surface area contributed by atoms with Gasteiger partial charge >= 0.3 is 17.9 Å². The number of nitrogens with two attached hydrogens (primary N) is 1. The topological polar surface area (TPSA) is 158 Å². The number of esters is 3. The van der Waals surface area contributed by atoms with Gasteiger partial charge in [0, 0.05) is 22.6 Å². The third kappa shape index (κ3) is 10.6. The van der Waals surface area contributed by atoms with Crippen molar-refractivity contribution in [3.63, 3.8) is 0 Å². The highest BCUT2D eigenvalue weighted by Gasteiger charge is 2.23. The number of nitrogens with one attached hydrogen (secondary N) is 2. The van der Waals surface area contributed by atoms with Gasteiger partial charge in [-0.05, 0) is 68.8 Å². The Kier molecular flexibility index (Phi) is 12.7. The van der Waals surface area contributed by atoms with E-state index in [-0.39, 0.29) is 30.6 Å². The number of thioether (sulfide) groups is 1. The van der Waals surface area contributed by atoms with Crippen LogP contribution in [0.2, 0.25) is 0 Å². The molecular weight excluding hydrogens is 522 g/mol. The summed E-state index contributed by atoms with van der Waals surface area (Å²) in [6.07, 6.45) is 1.83. The van der Waals surface area contributed by atoms with Crippen molar-refractivity contribution < 1.29 is 33.4 Å². The molecule has 0 aliphatic carbocycles. The number of carbonyl (C=O) groups is 4. The van der Waals surface area contributed by atoms with Crippen molar-refractivity contribution in [3.05, 3.63) is 70.8 Å². The second-order valence-electron chi connectivity index (χ2n) is 8.18. The number of hydrogen-bond donors (Lipinski definition) is 3. The summed E-state index contributed by atoms with van der Waals surface area (Å²) in [5, 5.41) is 10.1. The van der Waals surface area contributed by atoms with E-state index in [0.717, 1.165) is 0 Å². The van der Waals surface area contributed by atoms with Crippen LogP contribution in [0.4, 0.5) is 0 Å². The first-order valence-corrected chi connectivity index (χ1v) is 13.5. The predicted octanol–water partition coefficient (Wildman–Crippen LogP) is 3.33. The molecule has 0 unspecified atom stereocenters. The fourth-order valence-corrected chi connectivity index (χ4v) is 4.11. The zero-order valence-electron chi connectivity index (χ0n) is 22.2. The highest BCUT2D eigenvalue weighted by molar-refractivity contribution is 7.99. The molecule has 0 spiro atoms. The predicted molar refractivity (Wildman–Crippen MR) is 150 cm³/mol. The number of amidine groups is 1. The summed E-state index contributed by atoms with van der Waals surface area (Å²) in [7, 11) is 0. The van der Waals surface area contributed by atoms with Crippen molar-refractivity contribution in [2.75, 3.05) is 24.7 Å². The van der Waals surface area contributed by atoms with Gasteiger partial charge in [-0.2, -0.15) is 11.8 Å². The molecule has 0 heterocycles. The van der Waals surface area contributed by atoms with E-state index in [1.165, 1.54) is 11.8 Å². The molecule has 0 aliphatic rings. The van der Waals surface area contributed by atoms with E-state index in [0.29, 0.717) is 40.4 Å². The number of amides is 1. The highest BCUT2D eigenvalue weighted by atomic mass is 32.2. The first-order chi connectivity index (χ1) is 18.6. The first kappa shape index (κ1) is 31.1. The largest absolute Gasteiger partial charge is 0.466 e. The van der Waals surface area contributed by atoms with Crippen molar-refractivity contribution in [1.29, 1.82) is 5.41 Å². The average molecular weight is 556 g/mol. The fourth-order valence-electron chi connectivity index (χ4n) is 3.17. The maximum Gasteiger partial charge on any atom is 0.343 e. The van der Waals surface area contributed by atoms with Crippen LogP contribution in [0.25, 0.3) is 6.08 Å². The molecule has 39 heavy (non-hydrogen) atoms. The van der Waals surface area contributed by atoms with Crippen molar-refractivity contribution >= 4 is 47.5 Å². The lowest BCUT2D eigenvalue weighted by Crippen LogP contribution is -2.44. The molecule has 2 aromatic rings. The van der Waals surface area contributed by atoms with Crippen LogP contribution in [-0.2, 0) is 23.9 Å². The Morgan fingerprint density at radius 2 is 1.59 bits per heavy atom. The number of benzene rings is 2. The van der Waals surface area contributed by atoms with Crippen LogP contribution >= 0.6 is 11.8 Å². The molecule has 10 nitrogen and oxygen atoms in total. The number of rotatable bonds is 14. The summed E-state index contributed by atoms with van der Waals surface area (Å²) in [5.74, 6) is -0.962. The molecule has 1 amide bonds. The van der Waals surface area contributed by atoms with Crippen LogP contribution in [0.3, 0.4) is 0 Å². The van der Waals surface area contributed by atoms with Gasteiger partial charge in [-0.1, -0.05) is 12.1 Å². The third-order valence-corrected chi connectivity index (χ3v) is 6.24. The van der Waals surface area contributed by atoms with E-state index >= 15 is 0 Å². The van der Waals surface area contributed by atoms with Gasteiger partial charge in [-0.15, -0.1) is 0 Å². The maximum atomic E-state index is 12.8. The van der Waals surface area contributed by atoms with Crippen molar-refractivity contribution in [2.24, 2.45) is 5.73 Å². The minimum Gasteiger partial charge on any atom is -0.466 e. The average Bonchev–Trinajstić information content (AvgIpc) is 2.91. The van der Waals surface area contributed by atoms with E-state index in [1.807, 2.05) is 0 Å². The Hall–Kier alpha value is -4.12. The van der Waals surface area contributed by atoms with E-state index in [2.05, 4.69) is 5.32 Å². The lowest BCUT2D eigenvalue weighted by Gasteiger charge is -2.17. The minimum atomic E-state index is -0.880. The standard InChI is InChI=1S/C28H33N3O7S/c1-4-36-24(32)14-15-39-17-23(28(35)37-5-2)31-26(33)18(3)16-19-6-8-21(9-7-19)27(34)38-22-12-10-20(11-13-22)25(29)30/h6-13,16,23H,4-5,14-15,17H2,1-3H3,(H3,29,30)(H,31,33)/t23-/m0/s1. The molecule has 0 bridgehead atoms. The monoisotopic (exact) mass is 555 g/mol. The minimum absolute atomic E-state index is 0.0816. The molecular formula is C28H33N3O7S. The zero-order valence-corrected chi connectivity index (χ0v) is 23.0. The number of ether oxygens (including phenoxy) is 3. The van der Waals surface area contributed by atoms with Crippen LogP contribution in [-0.4, -0.2) is 60.4 Å². The molecule has 0 saturated carbocycles. The maximum absolute atomic E-state index is 12.8. The molecule has 1 atom stereocenters. The van der Waals surface area contributed by atoms with Gasteiger partial charge in [0.1, 0.15) is 17.6 Å². The Balaban J connectivity index is 1.97. The van der Waals surface area contributed by atoms with Crippen LogP contribution in [0.5, 0.6) is 5.75 Å². The molecule has 208 valence electrons. The van der Waals surface area contributed by atoms with E-state index < -0.39 is 23.9 Å². The van der Waals surface area contributed by atoms with Crippen molar-refractivity contribution in [3.8, 4) is 5.75 Å². The molecule has 4 N–H and O–H groups in total. The Morgan fingerprint density at radius 1 is 0.974 bits per heavy atom. The van der Waals surface area contributed by atoms with Gasteiger partial charge in [-0.3, -0.25) is 15.0 Å². The van der Waals surface area contributed by atoms with Crippen molar-refractivity contribution in [1.82, 2.24) is 5.32 Å². The third-order valence-electron chi connectivity index (χ3n) is 5.18. The molecule has 11 heteroatoms. The smallest absolute Gasteiger partial charge is 0.343 e. The summed E-state index contributed by atoms with van der Waals surface area (Å²) in [6, 6.07) is 11.9. The summed E-state index contributed by atoms with van der Waals surface area (Å²) >= 11 is 1.34. The summed E-state index contributed by atoms with van der Waals surface area (Å²) in [6.45, 7) is 5.50. The summed E-state index contributed by atoms with van der Waals surface area (Å²) in [5.41, 5.74) is 7.27. The number of nitrogen functional groups attached to an aromatic ring is 1. The zero-order chi connectivity index (χ0) is 28.8. The van der Waals surface area contributed by atoms with E-state index in [1.54, 1.807) is 75.4 Å².